The predicted molar refractivity (Wildman–Crippen MR) is 168 cm³/mol. The lowest BCUT2D eigenvalue weighted by Gasteiger charge is -2.40. The van der Waals surface area contributed by atoms with E-state index in [-0.39, 0.29) is 22.6 Å². The summed E-state index contributed by atoms with van der Waals surface area (Å²) in [6.45, 7) is 1.01. The van der Waals surface area contributed by atoms with E-state index in [4.69, 9.17) is 15.5 Å². The third kappa shape index (κ3) is 6.19. The molecule has 0 atom stereocenters. The number of anilines is 1. The Hall–Kier alpha value is -5.71. The summed E-state index contributed by atoms with van der Waals surface area (Å²) in [6, 6.07) is 20.8. The SMILES string of the molecule is COC(=O)/C=C/c1ccc(C2(N)CCN(c3ncc(-c4ccc(OC)c(O)c4)c(-c4ccc(C#N)c(F)c4)c3C#N)CC2)cc1. The van der Waals surface area contributed by atoms with Crippen LogP contribution in [-0.4, -0.2) is 43.4 Å². The van der Waals surface area contributed by atoms with Crippen molar-refractivity contribution in [3.05, 3.63) is 101 Å². The molecule has 0 spiro atoms. The van der Waals surface area contributed by atoms with Crippen molar-refractivity contribution < 1.29 is 23.8 Å². The predicted octanol–water partition coefficient (Wildman–Crippen LogP) is 5.65. The lowest BCUT2D eigenvalue weighted by Crippen LogP contribution is -2.48. The van der Waals surface area contributed by atoms with Crippen LogP contribution in [0.3, 0.4) is 0 Å². The number of methoxy groups -OCH3 is 2. The van der Waals surface area contributed by atoms with Gasteiger partial charge in [0, 0.05) is 42.0 Å². The molecule has 0 bridgehead atoms. The van der Waals surface area contributed by atoms with E-state index in [0.29, 0.717) is 54.0 Å². The smallest absolute Gasteiger partial charge is 0.330 e. The molecule has 9 nitrogen and oxygen atoms in total. The number of nitrogens with zero attached hydrogens (tertiary/aromatic N) is 4. The molecule has 45 heavy (non-hydrogen) atoms. The molecule has 5 rings (SSSR count). The van der Waals surface area contributed by atoms with Crippen molar-refractivity contribution in [1.29, 1.82) is 10.5 Å². The number of phenols is 1. The number of benzene rings is 3. The summed E-state index contributed by atoms with van der Waals surface area (Å²) in [5, 5.41) is 30.2. The van der Waals surface area contributed by atoms with E-state index in [2.05, 4.69) is 10.8 Å². The Labute approximate surface area is 260 Å². The molecule has 0 aliphatic carbocycles. The Balaban J connectivity index is 1.50. The lowest BCUT2D eigenvalue weighted by atomic mass is 9.81. The normalized spacial score (nSPS) is 14.0. The number of nitriles is 2. The molecule has 0 amide bonds. The van der Waals surface area contributed by atoms with Crippen molar-refractivity contribution in [3.63, 3.8) is 0 Å². The van der Waals surface area contributed by atoms with E-state index in [1.165, 1.54) is 38.5 Å². The number of aromatic nitrogens is 1. The molecule has 1 aliphatic rings. The third-order valence-electron chi connectivity index (χ3n) is 8.09. The largest absolute Gasteiger partial charge is 0.504 e. The minimum atomic E-state index is -0.710. The highest BCUT2D eigenvalue weighted by atomic mass is 19.1. The number of carbonyl (C=O) groups excluding carboxylic acids is 1. The van der Waals surface area contributed by atoms with E-state index in [1.807, 2.05) is 35.2 Å². The number of esters is 1. The number of piperidine rings is 1. The molecule has 0 saturated carbocycles. The number of hydrogen-bond acceptors (Lipinski definition) is 9. The molecule has 1 saturated heterocycles. The van der Waals surface area contributed by atoms with Gasteiger partial charge < -0.3 is 25.2 Å². The van der Waals surface area contributed by atoms with Crippen molar-refractivity contribution in [2.75, 3.05) is 32.2 Å². The topological polar surface area (TPSA) is 145 Å². The summed E-state index contributed by atoms with van der Waals surface area (Å²) < 4.78 is 24.7. The van der Waals surface area contributed by atoms with Crippen molar-refractivity contribution >= 4 is 17.9 Å². The zero-order chi connectivity index (χ0) is 32.1. The lowest BCUT2D eigenvalue weighted by molar-refractivity contribution is -0.134. The van der Waals surface area contributed by atoms with Crippen LogP contribution < -0.4 is 15.4 Å². The second-order valence-corrected chi connectivity index (χ2v) is 10.7. The molecule has 10 heteroatoms. The molecule has 0 unspecified atom stereocenters. The average Bonchev–Trinajstić information content (AvgIpc) is 3.07. The van der Waals surface area contributed by atoms with Gasteiger partial charge in [-0.05, 0) is 65.4 Å². The maximum absolute atomic E-state index is 14.9. The highest BCUT2D eigenvalue weighted by molar-refractivity contribution is 5.90. The van der Waals surface area contributed by atoms with Gasteiger partial charge in [0.2, 0.25) is 0 Å². The average molecular weight is 604 g/mol. The first kappa shape index (κ1) is 30.7. The Bertz CT molecular complexity index is 1870. The van der Waals surface area contributed by atoms with Gasteiger partial charge in [0.25, 0.3) is 0 Å². The molecule has 226 valence electrons. The van der Waals surface area contributed by atoms with Crippen molar-refractivity contribution in [3.8, 4) is 45.9 Å². The van der Waals surface area contributed by atoms with Crippen LogP contribution >= 0.6 is 0 Å². The number of nitrogens with two attached hydrogens (primary N) is 1. The van der Waals surface area contributed by atoms with Crippen LogP contribution in [0, 0.1) is 28.5 Å². The van der Waals surface area contributed by atoms with Crippen LogP contribution in [0.25, 0.3) is 28.3 Å². The summed E-state index contributed by atoms with van der Waals surface area (Å²) >= 11 is 0. The van der Waals surface area contributed by atoms with Gasteiger partial charge in [-0.25, -0.2) is 14.2 Å². The van der Waals surface area contributed by atoms with Gasteiger partial charge in [0.05, 0.1) is 19.8 Å². The highest BCUT2D eigenvalue weighted by Crippen LogP contribution is 2.42. The van der Waals surface area contributed by atoms with Gasteiger partial charge in [-0.1, -0.05) is 36.4 Å². The number of rotatable bonds is 7. The van der Waals surface area contributed by atoms with Gasteiger partial charge in [-0.2, -0.15) is 10.5 Å². The summed E-state index contributed by atoms with van der Waals surface area (Å²) in [4.78, 5) is 18.1. The minimum absolute atomic E-state index is 0.0996. The first-order valence-electron chi connectivity index (χ1n) is 14.1. The number of aromatic hydroxyl groups is 1. The molecule has 2 heterocycles. The monoisotopic (exact) mass is 603 g/mol. The van der Waals surface area contributed by atoms with Crippen LogP contribution in [0.4, 0.5) is 10.2 Å². The van der Waals surface area contributed by atoms with Crippen molar-refractivity contribution in [2.45, 2.75) is 18.4 Å². The van der Waals surface area contributed by atoms with Gasteiger partial charge in [-0.15, -0.1) is 0 Å². The fourth-order valence-corrected chi connectivity index (χ4v) is 5.55. The third-order valence-corrected chi connectivity index (χ3v) is 8.09. The Kier molecular flexibility index (Phi) is 8.80. The van der Waals surface area contributed by atoms with Crippen LogP contribution in [0.15, 0.2) is 72.9 Å². The number of phenolic OH excluding ortho intramolecular Hbond substituents is 1. The summed E-state index contributed by atoms with van der Waals surface area (Å²) in [6.07, 6.45) is 5.78. The van der Waals surface area contributed by atoms with Gasteiger partial charge in [-0.3, -0.25) is 0 Å². The Morgan fingerprint density at radius 2 is 1.76 bits per heavy atom. The second kappa shape index (κ2) is 12.9. The summed E-state index contributed by atoms with van der Waals surface area (Å²) in [5.74, 6) is -0.532. The zero-order valence-electron chi connectivity index (χ0n) is 24.8. The Morgan fingerprint density at radius 3 is 2.36 bits per heavy atom. The zero-order valence-corrected chi connectivity index (χ0v) is 24.8. The fourth-order valence-electron chi connectivity index (χ4n) is 5.55. The quantitative estimate of drug-likeness (QED) is 0.202. The summed E-state index contributed by atoms with van der Waals surface area (Å²) in [7, 11) is 2.77. The highest BCUT2D eigenvalue weighted by Gasteiger charge is 2.34. The van der Waals surface area contributed by atoms with Gasteiger partial charge in [0.15, 0.2) is 11.5 Å². The maximum Gasteiger partial charge on any atom is 0.330 e. The van der Waals surface area contributed by atoms with E-state index >= 15 is 0 Å². The van der Waals surface area contributed by atoms with E-state index in [9.17, 15) is 24.8 Å². The molecule has 1 aliphatic heterocycles. The van der Waals surface area contributed by atoms with E-state index in [0.717, 1.165) is 11.1 Å². The molecule has 4 aromatic rings. The molecule has 3 aromatic carbocycles. The molecule has 1 fully saturated rings. The number of ether oxygens (including phenoxy) is 2. The summed E-state index contributed by atoms with van der Waals surface area (Å²) in [5.41, 5.74) is 10.0. The fraction of sp³-hybridized carbons (Fsp3) is 0.200. The molecule has 3 N–H and O–H groups in total. The maximum atomic E-state index is 14.9. The number of hydrogen-bond donors (Lipinski definition) is 2. The number of pyridine rings is 1. The van der Waals surface area contributed by atoms with Gasteiger partial charge in [0.1, 0.15) is 29.3 Å². The first-order valence-corrected chi connectivity index (χ1v) is 14.1. The van der Waals surface area contributed by atoms with Crippen LogP contribution in [0.5, 0.6) is 11.5 Å². The molecular formula is C35H30FN5O4. The van der Waals surface area contributed by atoms with E-state index in [1.54, 1.807) is 30.5 Å². The van der Waals surface area contributed by atoms with Crippen molar-refractivity contribution in [1.82, 2.24) is 4.98 Å². The van der Waals surface area contributed by atoms with Crippen molar-refractivity contribution in [2.24, 2.45) is 5.73 Å². The molecular weight excluding hydrogens is 573 g/mol. The second-order valence-electron chi connectivity index (χ2n) is 10.7. The number of halogens is 1. The van der Waals surface area contributed by atoms with Crippen LogP contribution in [0.1, 0.15) is 35.1 Å². The Morgan fingerprint density at radius 1 is 1.04 bits per heavy atom. The van der Waals surface area contributed by atoms with E-state index < -0.39 is 17.3 Å². The molecule has 1 aromatic heterocycles. The standard InChI is InChI=1S/C35H30FN5O4/c1-44-31-11-8-23(18-30(31)42)28-21-40-34(27(20-38)33(28)24-6-7-25(19-37)29(36)17-24)41-15-13-35(39,14-16-41)26-9-3-22(4-10-26)5-12-32(43)45-2/h3-12,17-18,21,42H,13-16,39H2,1-2H3/b12-5+. The first-order chi connectivity index (χ1) is 21.7. The van der Waals surface area contributed by atoms with Gasteiger partial charge >= 0.3 is 5.97 Å². The van der Waals surface area contributed by atoms with Crippen LogP contribution in [-0.2, 0) is 15.1 Å². The molecule has 0 radical (unpaired) electrons. The minimum Gasteiger partial charge on any atom is -0.504 e. The number of carbonyl (C=O) groups is 1. The van der Waals surface area contributed by atoms with Crippen LogP contribution in [0.2, 0.25) is 0 Å².